The van der Waals surface area contributed by atoms with E-state index in [-0.39, 0.29) is 26.6 Å². The van der Waals surface area contributed by atoms with Gasteiger partial charge in [0.1, 0.15) is 15.5 Å². The molecule has 4 aromatic rings. The van der Waals surface area contributed by atoms with E-state index in [0.717, 1.165) is 18.9 Å². The van der Waals surface area contributed by atoms with Crippen molar-refractivity contribution >= 4 is 46.7 Å². The van der Waals surface area contributed by atoms with Crippen LogP contribution in [0.5, 0.6) is 11.8 Å². The van der Waals surface area contributed by atoms with Crippen molar-refractivity contribution in [3.05, 3.63) is 75.4 Å². The lowest BCUT2D eigenvalue weighted by molar-refractivity contribution is 0.0591. The second-order valence-corrected chi connectivity index (χ2v) is 12.4. The Balaban J connectivity index is 0.000000211. The van der Waals surface area contributed by atoms with Crippen LogP contribution in [0, 0.1) is 10.8 Å². The highest BCUT2D eigenvalue weighted by molar-refractivity contribution is 6.34. The van der Waals surface area contributed by atoms with Gasteiger partial charge in [-0.25, -0.2) is 29.3 Å². The first-order chi connectivity index (χ1) is 24.0. The number of pyridine rings is 2. The second-order valence-electron chi connectivity index (χ2n) is 11.3. The first-order valence-electron chi connectivity index (χ1n) is 16.0. The van der Waals surface area contributed by atoms with Crippen molar-refractivity contribution in [1.82, 2.24) is 29.9 Å². The molecular formula is C33H40Cl3FN6O6. The van der Waals surface area contributed by atoms with Crippen molar-refractivity contribution in [3.8, 4) is 17.6 Å². The maximum atomic E-state index is 11.5. The van der Waals surface area contributed by atoms with E-state index in [2.05, 4.69) is 48.6 Å². The summed E-state index contributed by atoms with van der Waals surface area (Å²) in [6, 6.07) is 9.79. The van der Waals surface area contributed by atoms with Crippen molar-refractivity contribution in [2.45, 2.75) is 52.4 Å². The number of aromatic nitrogens is 6. The predicted octanol–water partition coefficient (Wildman–Crippen LogP) is 8.02. The highest BCUT2D eigenvalue weighted by Gasteiger charge is 2.42. The number of methoxy groups -OCH3 is 2. The van der Waals surface area contributed by atoms with Crippen molar-refractivity contribution in [2.24, 2.45) is 10.8 Å². The van der Waals surface area contributed by atoms with Crippen LogP contribution in [-0.2, 0) is 9.47 Å². The number of halogens is 4. The van der Waals surface area contributed by atoms with Gasteiger partial charge in [-0.3, -0.25) is 4.39 Å². The molecule has 0 bridgehead atoms. The molecule has 0 spiro atoms. The number of carbonyl (C=O) groups is 2. The Labute approximate surface area is 301 Å². The molecule has 2 fully saturated rings. The van der Waals surface area contributed by atoms with Crippen molar-refractivity contribution < 1.29 is 34.3 Å². The summed E-state index contributed by atoms with van der Waals surface area (Å²) in [4.78, 5) is 30.3. The Kier molecular flexibility index (Phi) is 14.5. The third kappa shape index (κ3) is 11.6. The smallest absolute Gasteiger partial charge is 0.341 e. The Bertz CT molecular complexity index is 1670. The van der Waals surface area contributed by atoms with E-state index in [9.17, 15) is 14.0 Å². The maximum absolute atomic E-state index is 11.5. The van der Waals surface area contributed by atoms with E-state index >= 15 is 0 Å². The summed E-state index contributed by atoms with van der Waals surface area (Å²) in [5.41, 5.74) is 1.27. The van der Waals surface area contributed by atoms with Crippen LogP contribution in [0.25, 0.3) is 5.82 Å². The molecule has 1 N–H and O–H groups in total. The Morgan fingerprint density at radius 2 is 1.43 bits per heavy atom. The molecule has 0 atom stereocenters. The summed E-state index contributed by atoms with van der Waals surface area (Å²) in [5, 5.41) is 11.3. The minimum absolute atomic E-state index is 0.0503. The molecular weight excluding hydrogens is 702 g/mol. The maximum Gasteiger partial charge on any atom is 0.341 e. The fraction of sp³-hybridized carbons (Fsp3) is 0.455. The lowest BCUT2D eigenvalue weighted by Crippen LogP contribution is -2.12. The van der Waals surface area contributed by atoms with Gasteiger partial charge in [-0.2, -0.15) is 5.10 Å². The predicted molar refractivity (Wildman–Crippen MR) is 184 cm³/mol. The molecule has 6 rings (SSSR count). The first kappa shape index (κ1) is 37.9. The second kappa shape index (κ2) is 18.7. The largest absolute Gasteiger partial charge is 0.477 e. The van der Waals surface area contributed by atoms with E-state index in [1.54, 1.807) is 35.3 Å². The van der Waals surface area contributed by atoms with Crippen LogP contribution >= 0.6 is 34.8 Å². The lowest BCUT2D eigenvalue weighted by Gasteiger charge is -2.11. The number of aromatic amines is 1. The summed E-state index contributed by atoms with van der Waals surface area (Å²) in [7, 11) is 1.57. The molecule has 0 aliphatic heterocycles. The SMILES string of the molecule is CCC1(COc2ccn(-c3ccc(C(=O)OC)c(Cl)n3)n2)CC1.CCC1(COc2ccn[nH]2)CC1.COC(=O)c1ccc(Cl)nc1Cl.[2H]CF. The molecule has 0 unspecified atom stereocenters. The third-order valence-corrected chi connectivity index (χ3v) is 8.99. The molecule has 2 aliphatic rings. The number of H-pyrrole nitrogens is 1. The number of carbonyl (C=O) groups excluding carboxylic acids is 2. The molecule has 12 nitrogen and oxygen atoms in total. The Morgan fingerprint density at radius 3 is 1.90 bits per heavy atom. The van der Waals surface area contributed by atoms with Gasteiger partial charge in [-0.15, -0.1) is 5.10 Å². The first-order valence-corrected chi connectivity index (χ1v) is 16.4. The molecule has 2 aliphatic carbocycles. The fourth-order valence-electron chi connectivity index (χ4n) is 4.34. The van der Waals surface area contributed by atoms with Crippen molar-refractivity contribution in [1.29, 1.82) is 0 Å². The molecule has 0 radical (unpaired) electrons. The number of hydrogen-bond acceptors (Lipinski definition) is 10. The number of ether oxygens (including phenoxy) is 4. The average Bonchev–Trinajstić information content (AvgIpc) is 3.96. The molecule has 49 heavy (non-hydrogen) atoms. The zero-order chi connectivity index (χ0) is 36.7. The van der Waals surface area contributed by atoms with Crippen LogP contribution in [0.2, 0.25) is 15.5 Å². The van der Waals surface area contributed by atoms with Crippen LogP contribution in [-0.4, -0.2) is 76.5 Å². The quantitative estimate of drug-likeness (QED) is 0.119. The highest BCUT2D eigenvalue weighted by atomic mass is 35.5. The molecule has 0 aromatic carbocycles. The molecule has 4 heterocycles. The third-order valence-electron chi connectivity index (χ3n) is 8.21. The van der Waals surface area contributed by atoms with Gasteiger partial charge in [0.2, 0.25) is 11.8 Å². The zero-order valence-electron chi connectivity index (χ0n) is 28.7. The van der Waals surface area contributed by atoms with Crippen LogP contribution < -0.4 is 9.47 Å². The monoisotopic (exact) mass is 741 g/mol. The lowest BCUT2D eigenvalue weighted by atomic mass is 10.1. The van der Waals surface area contributed by atoms with Crippen molar-refractivity contribution in [2.75, 3.05) is 34.6 Å². The van der Waals surface area contributed by atoms with Gasteiger partial charge in [-0.05, 0) is 62.8 Å². The van der Waals surface area contributed by atoms with Crippen LogP contribution in [0.15, 0.2) is 48.8 Å². The minimum Gasteiger partial charge on any atom is -0.477 e. The molecule has 266 valence electrons. The topological polar surface area (TPSA) is 143 Å². The number of rotatable bonds is 11. The van der Waals surface area contributed by atoms with Gasteiger partial charge in [0, 0.05) is 29.2 Å². The van der Waals surface area contributed by atoms with E-state index in [0.29, 0.717) is 29.1 Å². The van der Waals surface area contributed by atoms with Gasteiger partial charge in [0.15, 0.2) is 5.82 Å². The summed E-state index contributed by atoms with van der Waals surface area (Å²) < 4.78 is 37.5. The molecule has 4 aromatic heterocycles. The van der Waals surface area contributed by atoms with Gasteiger partial charge in [0.05, 0.1) is 53.3 Å². The zero-order valence-corrected chi connectivity index (χ0v) is 29.9. The number of alkyl halides is 1. The minimum atomic E-state index is -1.00. The van der Waals surface area contributed by atoms with Gasteiger partial charge >= 0.3 is 11.9 Å². The molecule has 2 saturated carbocycles. The Morgan fingerprint density at radius 1 is 0.878 bits per heavy atom. The van der Waals surface area contributed by atoms with E-state index in [4.69, 9.17) is 45.6 Å². The molecule has 0 saturated heterocycles. The van der Waals surface area contributed by atoms with Crippen LogP contribution in [0.4, 0.5) is 4.39 Å². The van der Waals surface area contributed by atoms with E-state index < -0.39 is 19.1 Å². The van der Waals surface area contributed by atoms with Crippen LogP contribution in [0.1, 0.15) is 74.5 Å². The molecule has 0 amide bonds. The summed E-state index contributed by atoms with van der Waals surface area (Å²) in [6.45, 7) is 5.94. The van der Waals surface area contributed by atoms with Gasteiger partial charge < -0.3 is 18.9 Å². The highest BCUT2D eigenvalue weighted by Crippen LogP contribution is 2.49. The average molecular weight is 743 g/mol. The van der Waals surface area contributed by atoms with Crippen molar-refractivity contribution in [3.63, 3.8) is 0 Å². The number of nitrogens with one attached hydrogen (secondary N) is 1. The normalized spacial score (nSPS) is 14.6. The fourth-order valence-corrected chi connectivity index (χ4v) is 4.98. The summed E-state index contributed by atoms with van der Waals surface area (Å²) in [5.74, 6) is 0.806. The Hall–Kier alpha value is -3.94. The van der Waals surface area contributed by atoms with Gasteiger partial charge in [-0.1, -0.05) is 48.7 Å². The van der Waals surface area contributed by atoms with E-state index in [1.165, 1.54) is 58.5 Å². The molecule has 16 heteroatoms. The van der Waals surface area contributed by atoms with Crippen LogP contribution in [0.3, 0.4) is 0 Å². The summed E-state index contributed by atoms with van der Waals surface area (Å²) in [6.07, 6.45) is 10.9. The number of hydrogen-bond donors (Lipinski definition) is 1. The van der Waals surface area contributed by atoms with Gasteiger partial charge in [0.25, 0.3) is 0 Å². The number of esters is 2. The summed E-state index contributed by atoms with van der Waals surface area (Å²) >= 11 is 17.1. The number of nitrogens with zero attached hydrogens (tertiary/aromatic N) is 5. The van der Waals surface area contributed by atoms with E-state index in [1.807, 2.05) is 6.07 Å². The standard InChI is InChI=1S/C16H18ClN3O3.C9H14N2O.C7H5Cl2NO2.CH3F/c1-3-16(7-8-16)10-23-13-6-9-20(19-13)12-5-4-11(14(17)18-12)15(21)22-2;1-2-9(4-5-9)7-12-8-3-6-10-11-8;1-12-7(11)4-2-3-5(8)10-6(4)9;1-2/h4-6,9H,3,7-8,10H2,1-2H3;3,6H,2,4-5,7H2,1H3,(H,10,11);2-3H,1H3;1H3/i;;;1D.